The fraction of sp³-hybridized carbons (Fsp3) is 0.524. The van der Waals surface area contributed by atoms with Gasteiger partial charge in [-0.2, -0.15) is 0 Å². The first-order chi connectivity index (χ1) is 13.4. The second-order valence-electron chi connectivity index (χ2n) is 7.78. The first-order valence-electron chi connectivity index (χ1n) is 9.88. The molecule has 0 radical (unpaired) electrons. The third kappa shape index (κ3) is 4.97. The summed E-state index contributed by atoms with van der Waals surface area (Å²) in [6.07, 6.45) is 2.04. The average molecular weight is 384 g/mol. The molecule has 150 valence electrons. The van der Waals surface area contributed by atoms with Gasteiger partial charge < -0.3 is 14.6 Å². The van der Waals surface area contributed by atoms with Crippen molar-refractivity contribution in [2.45, 2.75) is 46.1 Å². The molecule has 1 atom stereocenters. The summed E-state index contributed by atoms with van der Waals surface area (Å²) in [7, 11) is 0. The van der Waals surface area contributed by atoms with E-state index in [0.29, 0.717) is 49.2 Å². The van der Waals surface area contributed by atoms with Gasteiger partial charge in [0, 0.05) is 31.5 Å². The molecule has 7 nitrogen and oxygen atoms in total. The number of likely N-dealkylation sites (tertiary alicyclic amines) is 1. The highest BCUT2D eigenvalue weighted by molar-refractivity contribution is 5.94. The fourth-order valence-corrected chi connectivity index (χ4v) is 3.54. The Kier molecular flexibility index (Phi) is 6.44. The number of hydrogen-bond acceptors (Lipinski definition) is 5. The van der Waals surface area contributed by atoms with Crippen molar-refractivity contribution in [1.82, 2.24) is 20.4 Å². The van der Waals surface area contributed by atoms with Crippen LogP contribution in [0.1, 0.15) is 61.3 Å². The van der Waals surface area contributed by atoms with Gasteiger partial charge in [-0.15, -0.1) is 10.2 Å². The molecule has 7 heteroatoms. The lowest BCUT2D eigenvalue weighted by molar-refractivity contribution is -0.127. The van der Waals surface area contributed by atoms with Crippen molar-refractivity contribution >= 4 is 11.8 Å². The summed E-state index contributed by atoms with van der Waals surface area (Å²) in [6, 6.07) is 8.99. The molecular weight excluding hydrogens is 356 g/mol. The van der Waals surface area contributed by atoms with E-state index in [-0.39, 0.29) is 23.8 Å². The van der Waals surface area contributed by atoms with E-state index >= 15 is 0 Å². The van der Waals surface area contributed by atoms with E-state index in [2.05, 4.69) is 29.4 Å². The number of hydrogen-bond donors (Lipinski definition) is 1. The molecule has 28 heavy (non-hydrogen) atoms. The van der Waals surface area contributed by atoms with Gasteiger partial charge in [-0.25, -0.2) is 0 Å². The van der Waals surface area contributed by atoms with Gasteiger partial charge in [0.1, 0.15) is 6.04 Å². The maximum Gasteiger partial charge on any atom is 0.253 e. The molecule has 1 aliphatic heterocycles. The van der Waals surface area contributed by atoms with Crippen LogP contribution in [-0.2, 0) is 4.79 Å². The topological polar surface area (TPSA) is 88.3 Å². The normalized spacial score (nSPS) is 16.2. The minimum absolute atomic E-state index is 0.00619. The molecule has 1 unspecified atom stereocenters. The Hall–Kier alpha value is -2.70. The third-order valence-corrected chi connectivity index (χ3v) is 5.04. The van der Waals surface area contributed by atoms with Gasteiger partial charge in [0.15, 0.2) is 0 Å². The summed E-state index contributed by atoms with van der Waals surface area (Å²) in [5.41, 5.74) is 0.689. The van der Waals surface area contributed by atoms with Crippen molar-refractivity contribution < 1.29 is 14.0 Å². The zero-order valence-corrected chi connectivity index (χ0v) is 16.7. The predicted octanol–water partition coefficient (Wildman–Crippen LogP) is 3.13. The Labute approximate surface area is 165 Å². The molecule has 1 aromatic heterocycles. The van der Waals surface area contributed by atoms with E-state index < -0.39 is 0 Å². The molecule has 2 heterocycles. The molecule has 1 saturated heterocycles. The first-order valence-corrected chi connectivity index (χ1v) is 9.88. The number of carbonyl (C=O) groups excluding carboxylic acids is 2. The van der Waals surface area contributed by atoms with Crippen LogP contribution in [0.5, 0.6) is 0 Å². The Morgan fingerprint density at radius 3 is 2.43 bits per heavy atom. The van der Waals surface area contributed by atoms with Crippen LogP contribution in [0.15, 0.2) is 34.7 Å². The smallest absolute Gasteiger partial charge is 0.253 e. The van der Waals surface area contributed by atoms with Crippen LogP contribution in [-0.4, -0.2) is 40.0 Å². The maximum absolute atomic E-state index is 12.8. The van der Waals surface area contributed by atoms with E-state index in [0.717, 1.165) is 6.42 Å². The number of benzene rings is 1. The Morgan fingerprint density at radius 2 is 1.86 bits per heavy atom. The molecule has 2 aromatic rings. The molecule has 1 aromatic carbocycles. The second kappa shape index (κ2) is 8.99. The van der Waals surface area contributed by atoms with Crippen LogP contribution in [0.25, 0.3) is 0 Å². The van der Waals surface area contributed by atoms with E-state index in [1.54, 1.807) is 6.92 Å². The lowest BCUT2D eigenvalue weighted by atomic mass is 9.94. The lowest BCUT2D eigenvalue weighted by Crippen LogP contribution is -2.43. The first kappa shape index (κ1) is 20.0. The second-order valence-corrected chi connectivity index (χ2v) is 7.78. The number of rotatable bonds is 6. The van der Waals surface area contributed by atoms with Gasteiger partial charge in [0.2, 0.25) is 17.7 Å². The van der Waals surface area contributed by atoms with Gasteiger partial charge >= 0.3 is 0 Å². The zero-order chi connectivity index (χ0) is 20.1. The number of nitrogens with one attached hydrogen (secondary N) is 1. The lowest BCUT2D eigenvalue weighted by Gasteiger charge is -2.32. The number of piperidine rings is 1. The van der Waals surface area contributed by atoms with E-state index in [9.17, 15) is 9.59 Å². The van der Waals surface area contributed by atoms with Crippen molar-refractivity contribution in [1.29, 1.82) is 0 Å². The van der Waals surface area contributed by atoms with Gasteiger partial charge in [-0.3, -0.25) is 9.59 Å². The Bertz CT molecular complexity index is 795. The molecule has 1 fully saturated rings. The molecule has 3 rings (SSSR count). The van der Waals surface area contributed by atoms with Crippen LogP contribution in [0.2, 0.25) is 0 Å². The maximum atomic E-state index is 12.8. The Balaban J connectivity index is 1.57. The molecule has 0 bridgehead atoms. The molecule has 0 saturated carbocycles. The van der Waals surface area contributed by atoms with Gasteiger partial charge in [0.25, 0.3) is 5.91 Å². The number of nitrogens with zero attached hydrogens (tertiary/aromatic N) is 3. The third-order valence-electron chi connectivity index (χ3n) is 5.04. The summed E-state index contributed by atoms with van der Waals surface area (Å²) in [5, 5.41) is 11.0. The van der Waals surface area contributed by atoms with E-state index in [1.807, 2.05) is 35.2 Å². The van der Waals surface area contributed by atoms with Crippen LogP contribution < -0.4 is 5.32 Å². The summed E-state index contributed by atoms with van der Waals surface area (Å²) >= 11 is 0. The highest BCUT2D eigenvalue weighted by Crippen LogP contribution is 2.24. The SMILES string of the molecule is Cc1nnc(C(CC(C)C)NC(=O)C2CCN(C(=O)c3ccccc3)CC2)o1. The average Bonchev–Trinajstić information content (AvgIpc) is 3.13. The number of aromatic nitrogens is 2. The van der Waals surface area contributed by atoms with E-state index in [4.69, 9.17) is 4.42 Å². The van der Waals surface area contributed by atoms with Crippen LogP contribution in [0.3, 0.4) is 0 Å². The van der Waals surface area contributed by atoms with E-state index in [1.165, 1.54) is 0 Å². The number of carbonyl (C=O) groups is 2. The van der Waals surface area contributed by atoms with Crippen molar-refractivity contribution in [2.24, 2.45) is 11.8 Å². The summed E-state index contributed by atoms with van der Waals surface area (Å²) < 4.78 is 5.54. The fourth-order valence-electron chi connectivity index (χ4n) is 3.54. The standard InChI is InChI=1S/C21H28N4O3/c1-14(2)13-18(20-24-23-15(3)28-20)22-19(26)16-9-11-25(12-10-16)21(27)17-7-5-4-6-8-17/h4-8,14,16,18H,9-13H2,1-3H3,(H,22,26). The van der Waals surface area contributed by atoms with Crippen LogP contribution in [0, 0.1) is 18.8 Å². The number of aryl methyl sites for hydroxylation is 1. The molecule has 0 spiro atoms. The summed E-state index contributed by atoms with van der Waals surface area (Å²) in [6.45, 7) is 7.09. The molecule has 1 N–H and O–H groups in total. The summed E-state index contributed by atoms with van der Waals surface area (Å²) in [5.74, 6) is 1.23. The minimum Gasteiger partial charge on any atom is -0.423 e. The predicted molar refractivity (Wildman–Crippen MR) is 104 cm³/mol. The number of amides is 2. The largest absolute Gasteiger partial charge is 0.423 e. The van der Waals surface area contributed by atoms with Gasteiger partial charge in [-0.1, -0.05) is 32.0 Å². The highest BCUT2D eigenvalue weighted by atomic mass is 16.4. The van der Waals surface area contributed by atoms with Crippen molar-refractivity contribution in [2.75, 3.05) is 13.1 Å². The molecular formula is C21H28N4O3. The van der Waals surface area contributed by atoms with Gasteiger partial charge in [0.05, 0.1) is 0 Å². The summed E-state index contributed by atoms with van der Waals surface area (Å²) in [4.78, 5) is 27.2. The quantitative estimate of drug-likeness (QED) is 0.827. The van der Waals surface area contributed by atoms with Gasteiger partial charge in [-0.05, 0) is 37.3 Å². The minimum atomic E-state index is -0.280. The van der Waals surface area contributed by atoms with Crippen molar-refractivity contribution in [3.63, 3.8) is 0 Å². The highest BCUT2D eigenvalue weighted by Gasteiger charge is 2.30. The van der Waals surface area contributed by atoms with Crippen LogP contribution in [0.4, 0.5) is 0 Å². The van der Waals surface area contributed by atoms with Crippen molar-refractivity contribution in [3.05, 3.63) is 47.7 Å². The molecule has 0 aliphatic carbocycles. The van der Waals surface area contributed by atoms with Crippen molar-refractivity contribution in [3.8, 4) is 0 Å². The zero-order valence-electron chi connectivity index (χ0n) is 16.7. The molecule has 2 amide bonds. The monoisotopic (exact) mass is 384 g/mol. The Morgan fingerprint density at radius 1 is 1.18 bits per heavy atom. The van der Waals surface area contributed by atoms with Crippen LogP contribution >= 0.6 is 0 Å². The molecule has 1 aliphatic rings.